The molecule has 0 aliphatic rings. The number of hydrogen-bond donors (Lipinski definition) is 1. The molecule has 2 aromatic heterocycles. The Bertz CT molecular complexity index is 1210. The predicted octanol–water partition coefficient (Wildman–Crippen LogP) is 4.36. The first-order chi connectivity index (χ1) is 15.6. The summed E-state index contributed by atoms with van der Waals surface area (Å²) in [5, 5.41) is 21.1. The molecular formula is C21H19FN6O2S2. The molecule has 2 heterocycles. The Balaban J connectivity index is 1.38. The maximum atomic E-state index is 13.2. The van der Waals surface area contributed by atoms with E-state index < -0.39 is 0 Å². The summed E-state index contributed by atoms with van der Waals surface area (Å²) in [7, 11) is 1.61. The van der Waals surface area contributed by atoms with Gasteiger partial charge in [-0.15, -0.1) is 20.4 Å². The van der Waals surface area contributed by atoms with E-state index in [1.54, 1.807) is 19.2 Å². The largest absolute Gasteiger partial charge is 0.497 e. The van der Waals surface area contributed by atoms with Crippen LogP contribution >= 0.6 is 23.1 Å². The van der Waals surface area contributed by atoms with E-state index in [-0.39, 0.29) is 17.5 Å². The Hall–Kier alpha value is -3.31. The van der Waals surface area contributed by atoms with E-state index in [2.05, 4.69) is 25.7 Å². The Labute approximate surface area is 191 Å². The van der Waals surface area contributed by atoms with Crippen LogP contribution in [0.1, 0.15) is 6.92 Å². The predicted molar refractivity (Wildman–Crippen MR) is 122 cm³/mol. The number of hydrogen-bond acceptors (Lipinski definition) is 8. The molecule has 164 valence electrons. The fourth-order valence-electron chi connectivity index (χ4n) is 2.90. The zero-order valence-electron chi connectivity index (χ0n) is 17.3. The zero-order chi connectivity index (χ0) is 22.5. The molecule has 0 aliphatic heterocycles. The highest BCUT2D eigenvalue weighted by Crippen LogP contribution is 2.28. The van der Waals surface area contributed by atoms with Crippen LogP contribution in [0.15, 0.2) is 53.7 Å². The first-order valence-electron chi connectivity index (χ1n) is 9.67. The second kappa shape index (κ2) is 9.88. The molecule has 4 rings (SSSR count). The number of ether oxygens (including phenoxy) is 1. The van der Waals surface area contributed by atoms with Crippen molar-refractivity contribution in [1.29, 1.82) is 0 Å². The normalized spacial score (nSPS) is 10.8. The molecule has 0 aliphatic carbocycles. The number of benzene rings is 2. The fourth-order valence-corrected chi connectivity index (χ4v) is 4.47. The summed E-state index contributed by atoms with van der Waals surface area (Å²) in [6.45, 7) is 2.58. The van der Waals surface area contributed by atoms with Gasteiger partial charge in [0, 0.05) is 17.7 Å². The van der Waals surface area contributed by atoms with Gasteiger partial charge >= 0.3 is 0 Å². The molecule has 1 N–H and O–H groups in total. The fraction of sp³-hybridized carbons (Fsp3) is 0.190. The highest BCUT2D eigenvalue weighted by molar-refractivity contribution is 7.99. The van der Waals surface area contributed by atoms with Crippen molar-refractivity contribution in [1.82, 2.24) is 25.0 Å². The molecule has 0 bridgehead atoms. The summed E-state index contributed by atoms with van der Waals surface area (Å²) in [6, 6.07) is 13.5. The number of amides is 1. The quantitative estimate of drug-likeness (QED) is 0.382. The van der Waals surface area contributed by atoms with Crippen molar-refractivity contribution in [3.63, 3.8) is 0 Å². The smallest absolute Gasteiger partial charge is 0.236 e. The van der Waals surface area contributed by atoms with Gasteiger partial charge in [0.2, 0.25) is 11.0 Å². The lowest BCUT2D eigenvalue weighted by Crippen LogP contribution is -2.14. The molecular weight excluding hydrogens is 451 g/mol. The maximum Gasteiger partial charge on any atom is 0.236 e. The van der Waals surface area contributed by atoms with Crippen LogP contribution < -0.4 is 10.1 Å². The molecule has 2 aromatic carbocycles. The summed E-state index contributed by atoms with van der Waals surface area (Å²) < 4.78 is 20.2. The molecule has 0 unspecified atom stereocenters. The van der Waals surface area contributed by atoms with Crippen LogP contribution in [0.25, 0.3) is 22.0 Å². The molecule has 0 spiro atoms. The van der Waals surface area contributed by atoms with Gasteiger partial charge in [-0.1, -0.05) is 23.1 Å². The van der Waals surface area contributed by atoms with Crippen LogP contribution in [0.5, 0.6) is 5.75 Å². The third-order valence-electron chi connectivity index (χ3n) is 4.48. The number of carbonyl (C=O) groups is 1. The third-order valence-corrected chi connectivity index (χ3v) is 6.33. The van der Waals surface area contributed by atoms with E-state index in [0.29, 0.717) is 27.7 Å². The first kappa shape index (κ1) is 21.9. The second-order valence-electron chi connectivity index (χ2n) is 6.54. The maximum absolute atomic E-state index is 13.2. The molecule has 0 fully saturated rings. The molecule has 32 heavy (non-hydrogen) atoms. The summed E-state index contributed by atoms with van der Waals surface area (Å²) in [5.41, 5.74) is 1.65. The van der Waals surface area contributed by atoms with Gasteiger partial charge in [0.15, 0.2) is 11.0 Å². The van der Waals surface area contributed by atoms with Crippen LogP contribution in [0.3, 0.4) is 0 Å². The van der Waals surface area contributed by atoms with Gasteiger partial charge in [-0.3, -0.25) is 10.1 Å². The van der Waals surface area contributed by atoms with Gasteiger partial charge in [0.25, 0.3) is 0 Å². The highest BCUT2D eigenvalue weighted by Gasteiger charge is 2.16. The van der Waals surface area contributed by atoms with Crippen LogP contribution in [0.4, 0.5) is 9.52 Å². The molecule has 1 amide bonds. The number of nitrogens with one attached hydrogen (secondary N) is 1. The van der Waals surface area contributed by atoms with Gasteiger partial charge in [0.05, 0.1) is 12.9 Å². The molecule has 0 radical (unpaired) electrons. The number of carbonyl (C=O) groups excluding carboxylic acids is 1. The molecule has 11 heteroatoms. The molecule has 0 saturated heterocycles. The Morgan fingerprint density at radius 1 is 1.06 bits per heavy atom. The first-order valence-corrected chi connectivity index (χ1v) is 11.5. The lowest BCUT2D eigenvalue weighted by atomic mass is 10.2. The van der Waals surface area contributed by atoms with Gasteiger partial charge in [0.1, 0.15) is 16.6 Å². The summed E-state index contributed by atoms with van der Waals surface area (Å²) in [5.74, 6) is 0.991. The number of thioether (sulfide) groups is 1. The third kappa shape index (κ3) is 4.94. The minimum atomic E-state index is -0.311. The summed E-state index contributed by atoms with van der Waals surface area (Å²) in [6.07, 6.45) is 0. The van der Waals surface area contributed by atoms with Crippen LogP contribution in [0.2, 0.25) is 0 Å². The average molecular weight is 471 g/mol. The zero-order valence-corrected chi connectivity index (χ0v) is 18.9. The Kier molecular flexibility index (Phi) is 6.76. The van der Waals surface area contributed by atoms with E-state index in [1.165, 1.54) is 35.2 Å². The van der Waals surface area contributed by atoms with Crippen molar-refractivity contribution in [2.75, 3.05) is 18.2 Å². The van der Waals surface area contributed by atoms with Crippen LogP contribution in [-0.4, -0.2) is 43.7 Å². The second-order valence-corrected chi connectivity index (χ2v) is 8.46. The number of rotatable bonds is 8. The topological polar surface area (TPSA) is 94.8 Å². The van der Waals surface area contributed by atoms with Crippen molar-refractivity contribution in [3.05, 3.63) is 54.3 Å². The summed E-state index contributed by atoms with van der Waals surface area (Å²) in [4.78, 5) is 12.4. The summed E-state index contributed by atoms with van der Waals surface area (Å²) >= 11 is 2.56. The lowest BCUT2D eigenvalue weighted by Gasteiger charge is -2.07. The van der Waals surface area contributed by atoms with Gasteiger partial charge < -0.3 is 9.30 Å². The minimum Gasteiger partial charge on any atom is -0.497 e. The van der Waals surface area contributed by atoms with Gasteiger partial charge in [-0.05, 0) is 55.5 Å². The number of nitrogens with zero attached hydrogens (tertiary/aromatic N) is 5. The lowest BCUT2D eigenvalue weighted by molar-refractivity contribution is -0.113. The Morgan fingerprint density at radius 3 is 2.47 bits per heavy atom. The number of halogens is 1. The number of methoxy groups -OCH3 is 1. The van der Waals surface area contributed by atoms with Crippen molar-refractivity contribution in [3.8, 4) is 27.7 Å². The minimum absolute atomic E-state index is 0.138. The van der Waals surface area contributed by atoms with E-state index in [4.69, 9.17) is 4.74 Å². The van der Waals surface area contributed by atoms with Crippen LogP contribution in [-0.2, 0) is 11.3 Å². The van der Waals surface area contributed by atoms with E-state index in [0.717, 1.165) is 16.9 Å². The van der Waals surface area contributed by atoms with Crippen molar-refractivity contribution in [2.45, 2.75) is 18.6 Å². The number of aromatic nitrogens is 5. The molecule has 8 nitrogen and oxygen atoms in total. The van der Waals surface area contributed by atoms with E-state index in [9.17, 15) is 9.18 Å². The van der Waals surface area contributed by atoms with Gasteiger partial charge in [-0.25, -0.2) is 4.39 Å². The molecule has 0 saturated carbocycles. The SMILES string of the molecule is CCn1c(SCC(=O)Nc2nnc(-c3ccc(OC)cc3)s2)nnc1-c1ccc(F)cc1. The van der Waals surface area contributed by atoms with Crippen molar-refractivity contribution in [2.24, 2.45) is 0 Å². The number of anilines is 1. The van der Waals surface area contributed by atoms with E-state index in [1.807, 2.05) is 35.8 Å². The molecule has 4 aromatic rings. The van der Waals surface area contributed by atoms with Crippen molar-refractivity contribution < 1.29 is 13.9 Å². The molecule has 0 atom stereocenters. The van der Waals surface area contributed by atoms with Crippen molar-refractivity contribution >= 4 is 34.1 Å². The monoisotopic (exact) mass is 470 g/mol. The standard InChI is InChI=1S/C21H19FN6O2S2/c1-3-28-18(13-4-8-15(22)9-5-13)24-27-21(28)31-12-17(29)23-20-26-25-19(32-20)14-6-10-16(30-2)11-7-14/h4-11H,3,12H2,1-2H3,(H,23,26,29). The highest BCUT2D eigenvalue weighted by atomic mass is 32.2. The average Bonchev–Trinajstić information content (AvgIpc) is 3.45. The van der Waals surface area contributed by atoms with E-state index >= 15 is 0 Å². The van der Waals surface area contributed by atoms with Crippen LogP contribution in [0, 0.1) is 5.82 Å². The van der Waals surface area contributed by atoms with Gasteiger partial charge in [-0.2, -0.15) is 0 Å². The Morgan fingerprint density at radius 2 is 1.78 bits per heavy atom.